The number of methoxy groups -OCH3 is 1. The summed E-state index contributed by atoms with van der Waals surface area (Å²) in [7, 11) is 1.44. The van der Waals surface area contributed by atoms with Crippen LogP contribution in [0.3, 0.4) is 0 Å². The van der Waals surface area contributed by atoms with Gasteiger partial charge < -0.3 is 24.3 Å². The summed E-state index contributed by atoms with van der Waals surface area (Å²) in [6, 6.07) is 23.3. The van der Waals surface area contributed by atoms with Gasteiger partial charge in [-0.3, -0.25) is 9.59 Å². The molecule has 4 aromatic rings. The molecule has 41 heavy (non-hydrogen) atoms. The highest BCUT2D eigenvalue weighted by atomic mass is 16.7. The zero-order valence-corrected chi connectivity index (χ0v) is 22.2. The molecule has 0 aliphatic carbocycles. The average molecular weight is 552 g/mol. The van der Waals surface area contributed by atoms with Gasteiger partial charge in [0.05, 0.1) is 18.9 Å². The number of fused-ring (bicyclic) bond motifs is 1. The van der Waals surface area contributed by atoms with E-state index in [1.165, 1.54) is 13.3 Å². The Hall–Kier alpha value is -5.64. The van der Waals surface area contributed by atoms with E-state index in [9.17, 15) is 14.4 Å². The Morgan fingerprint density at radius 3 is 2.39 bits per heavy atom. The van der Waals surface area contributed by atoms with Crippen molar-refractivity contribution in [1.82, 2.24) is 5.43 Å². The van der Waals surface area contributed by atoms with Crippen LogP contribution in [0.1, 0.15) is 42.2 Å². The summed E-state index contributed by atoms with van der Waals surface area (Å²) < 4.78 is 21.4. The molecule has 1 aliphatic heterocycles. The van der Waals surface area contributed by atoms with E-state index in [-0.39, 0.29) is 18.4 Å². The number of nitrogens with one attached hydrogen (secondary N) is 2. The maximum atomic E-state index is 12.6. The average Bonchev–Trinajstić information content (AvgIpc) is 3.46. The van der Waals surface area contributed by atoms with Gasteiger partial charge in [-0.2, -0.15) is 5.10 Å². The molecule has 10 nitrogen and oxygen atoms in total. The highest BCUT2D eigenvalue weighted by Gasteiger charge is 2.19. The first-order valence-electron chi connectivity index (χ1n) is 12.5. The number of nitrogens with zero attached hydrogens (tertiary/aromatic N) is 1. The van der Waals surface area contributed by atoms with Crippen molar-refractivity contribution < 1.29 is 33.3 Å². The molecular weight excluding hydrogens is 526 g/mol. The number of hydrazone groups is 1. The summed E-state index contributed by atoms with van der Waals surface area (Å²) in [4.78, 5) is 37.8. The maximum Gasteiger partial charge on any atom is 0.343 e. The van der Waals surface area contributed by atoms with E-state index >= 15 is 0 Å². The van der Waals surface area contributed by atoms with Gasteiger partial charge in [-0.25, -0.2) is 10.2 Å². The lowest BCUT2D eigenvalue weighted by Crippen LogP contribution is -2.18. The number of anilines is 1. The van der Waals surface area contributed by atoms with E-state index < -0.39 is 11.9 Å². The van der Waals surface area contributed by atoms with Crippen molar-refractivity contribution >= 4 is 29.7 Å². The van der Waals surface area contributed by atoms with Gasteiger partial charge in [-0.1, -0.05) is 23.8 Å². The number of carbonyl (C=O) groups is 3. The molecule has 2 N–H and O–H groups in total. The summed E-state index contributed by atoms with van der Waals surface area (Å²) in [6.07, 6.45) is 1.42. The van der Waals surface area contributed by atoms with E-state index in [4.69, 9.17) is 18.9 Å². The smallest absolute Gasteiger partial charge is 0.343 e. The van der Waals surface area contributed by atoms with Gasteiger partial charge in [0.2, 0.25) is 6.79 Å². The van der Waals surface area contributed by atoms with Crippen molar-refractivity contribution in [2.24, 2.45) is 5.10 Å². The summed E-state index contributed by atoms with van der Waals surface area (Å²) in [5.74, 6) is 0.208. The number of carbonyl (C=O) groups excluding carboxylic acids is 3. The highest BCUT2D eigenvalue weighted by Crippen LogP contribution is 2.34. The van der Waals surface area contributed by atoms with Crippen LogP contribution >= 0.6 is 0 Å². The van der Waals surface area contributed by atoms with Gasteiger partial charge in [-0.05, 0) is 79.2 Å². The third-order valence-corrected chi connectivity index (χ3v) is 6.07. The molecule has 1 heterocycles. The molecule has 4 aromatic carbocycles. The van der Waals surface area contributed by atoms with Crippen LogP contribution < -0.4 is 29.7 Å². The molecule has 0 saturated carbocycles. The summed E-state index contributed by atoms with van der Waals surface area (Å²) in [5, 5.41) is 6.80. The van der Waals surface area contributed by atoms with Crippen LogP contribution in [0.5, 0.6) is 23.0 Å². The van der Waals surface area contributed by atoms with Gasteiger partial charge in [0, 0.05) is 16.8 Å². The number of aryl methyl sites for hydroxylation is 1. The van der Waals surface area contributed by atoms with E-state index in [2.05, 4.69) is 15.8 Å². The molecule has 0 unspecified atom stereocenters. The molecule has 0 fully saturated rings. The first-order valence-corrected chi connectivity index (χ1v) is 12.5. The standard InChI is InChI=1S/C31H25N3O7/c1-19-6-9-21(10-7-19)29(35)33-24-5-3-4-22(15-24)30(36)34-32-17-20-8-12-26(27(14-20)38-2)41-31(37)23-11-13-25-28(16-23)40-18-39-25/h3-17H,18H2,1-2H3,(H,33,35)(H,34,36). The second-order valence-electron chi connectivity index (χ2n) is 8.97. The van der Waals surface area contributed by atoms with Crippen molar-refractivity contribution in [2.45, 2.75) is 6.92 Å². The minimum absolute atomic E-state index is 0.101. The molecular formula is C31H25N3O7. The van der Waals surface area contributed by atoms with Crippen LogP contribution in [0.25, 0.3) is 0 Å². The molecule has 0 radical (unpaired) electrons. The van der Waals surface area contributed by atoms with Crippen molar-refractivity contribution in [3.8, 4) is 23.0 Å². The van der Waals surface area contributed by atoms with Crippen molar-refractivity contribution in [1.29, 1.82) is 0 Å². The minimum Gasteiger partial charge on any atom is -0.493 e. The summed E-state index contributed by atoms with van der Waals surface area (Å²) >= 11 is 0. The Labute approximate surface area is 235 Å². The fourth-order valence-corrected chi connectivity index (χ4v) is 3.91. The largest absolute Gasteiger partial charge is 0.493 e. The fraction of sp³-hybridized carbons (Fsp3) is 0.0968. The van der Waals surface area contributed by atoms with Crippen molar-refractivity contribution in [2.75, 3.05) is 19.2 Å². The van der Waals surface area contributed by atoms with Crippen LogP contribution in [0, 0.1) is 6.92 Å². The second-order valence-corrected chi connectivity index (χ2v) is 8.97. The first-order chi connectivity index (χ1) is 19.9. The number of hydrogen-bond donors (Lipinski definition) is 2. The maximum absolute atomic E-state index is 12.6. The quantitative estimate of drug-likeness (QED) is 0.137. The predicted molar refractivity (Wildman–Crippen MR) is 151 cm³/mol. The molecule has 0 aromatic heterocycles. The number of amides is 2. The lowest BCUT2D eigenvalue weighted by molar-refractivity contribution is 0.0728. The summed E-state index contributed by atoms with van der Waals surface area (Å²) in [6.45, 7) is 2.04. The van der Waals surface area contributed by atoms with Crippen LogP contribution in [-0.2, 0) is 0 Å². The molecule has 10 heteroatoms. The molecule has 206 valence electrons. The molecule has 1 aliphatic rings. The molecule has 0 spiro atoms. The van der Waals surface area contributed by atoms with Crippen molar-refractivity contribution in [3.05, 3.63) is 113 Å². The Kier molecular flexibility index (Phi) is 7.91. The topological polar surface area (TPSA) is 125 Å². The molecule has 0 saturated heterocycles. The Morgan fingerprint density at radius 1 is 0.805 bits per heavy atom. The number of esters is 1. The number of rotatable bonds is 8. The third kappa shape index (κ3) is 6.51. The van der Waals surface area contributed by atoms with E-state index in [1.807, 2.05) is 19.1 Å². The van der Waals surface area contributed by atoms with Gasteiger partial charge in [0.25, 0.3) is 11.8 Å². The highest BCUT2D eigenvalue weighted by molar-refractivity contribution is 6.05. The van der Waals surface area contributed by atoms with Crippen molar-refractivity contribution in [3.63, 3.8) is 0 Å². The van der Waals surface area contributed by atoms with Gasteiger partial charge in [0.1, 0.15) is 0 Å². The van der Waals surface area contributed by atoms with Crippen LogP contribution in [0.4, 0.5) is 5.69 Å². The number of ether oxygens (including phenoxy) is 4. The normalized spacial score (nSPS) is 11.7. The van der Waals surface area contributed by atoms with E-state index in [0.29, 0.717) is 45.2 Å². The Morgan fingerprint density at radius 2 is 1.59 bits per heavy atom. The third-order valence-electron chi connectivity index (χ3n) is 6.07. The van der Waals surface area contributed by atoms with Crippen LogP contribution in [0.2, 0.25) is 0 Å². The fourth-order valence-electron chi connectivity index (χ4n) is 3.91. The first kappa shape index (κ1) is 26.9. The van der Waals surface area contributed by atoms with E-state index in [1.54, 1.807) is 72.8 Å². The lowest BCUT2D eigenvalue weighted by Gasteiger charge is -2.10. The Bertz CT molecular complexity index is 1650. The molecule has 0 atom stereocenters. The summed E-state index contributed by atoms with van der Waals surface area (Å²) in [5.41, 5.74) is 5.70. The van der Waals surface area contributed by atoms with Gasteiger partial charge in [0.15, 0.2) is 23.0 Å². The monoisotopic (exact) mass is 551 g/mol. The predicted octanol–water partition coefficient (Wildman–Crippen LogP) is 4.97. The van der Waals surface area contributed by atoms with Gasteiger partial charge >= 0.3 is 5.97 Å². The zero-order chi connectivity index (χ0) is 28.8. The number of benzene rings is 4. The van der Waals surface area contributed by atoms with Gasteiger partial charge in [-0.15, -0.1) is 0 Å². The molecule has 5 rings (SSSR count). The van der Waals surface area contributed by atoms with E-state index in [0.717, 1.165) is 5.56 Å². The number of hydrogen-bond acceptors (Lipinski definition) is 8. The SMILES string of the molecule is COc1cc(C=NNC(=O)c2cccc(NC(=O)c3ccc(C)cc3)c2)ccc1OC(=O)c1ccc2c(c1)OCO2. The zero-order valence-electron chi connectivity index (χ0n) is 22.2. The second kappa shape index (κ2) is 12.0. The molecule has 2 amide bonds. The van der Waals surface area contributed by atoms with Crippen LogP contribution in [-0.4, -0.2) is 37.9 Å². The Balaban J connectivity index is 1.19. The van der Waals surface area contributed by atoms with Crippen LogP contribution in [0.15, 0.2) is 90.0 Å². The minimum atomic E-state index is -0.590. The lowest BCUT2D eigenvalue weighted by atomic mass is 10.1. The molecule has 0 bridgehead atoms.